The number of aliphatic imine (C=N–C) groups is 1. The third-order valence-corrected chi connectivity index (χ3v) is 4.27. The van der Waals surface area contributed by atoms with Gasteiger partial charge in [-0.1, -0.05) is 60.7 Å². The highest BCUT2D eigenvalue weighted by molar-refractivity contribution is 5.96. The molecule has 0 spiro atoms. The summed E-state index contributed by atoms with van der Waals surface area (Å²) in [6.45, 7) is 8.44. The summed E-state index contributed by atoms with van der Waals surface area (Å²) < 4.78 is 11.4. The molecule has 1 N–H and O–H groups in total. The maximum absolute atomic E-state index is 7.52. The molecule has 25 heavy (non-hydrogen) atoms. The maximum Gasteiger partial charge on any atom is 0.303 e. The molecule has 5 heteroatoms. The van der Waals surface area contributed by atoms with Gasteiger partial charge in [0.1, 0.15) is 19.3 Å². The van der Waals surface area contributed by atoms with E-state index >= 15 is 0 Å². The first-order chi connectivity index (χ1) is 12.3. The summed E-state index contributed by atoms with van der Waals surface area (Å²) in [5.41, 5.74) is 2.50. The monoisotopic (exact) mass is 331 g/mol. The first kappa shape index (κ1) is 15.3. The van der Waals surface area contributed by atoms with Gasteiger partial charge in [0.15, 0.2) is 5.88 Å². The molecule has 4 rings (SSSR count). The highest BCUT2D eigenvalue weighted by Gasteiger charge is 2.30. The van der Waals surface area contributed by atoms with Crippen molar-refractivity contribution in [3.05, 3.63) is 94.8 Å². The predicted molar refractivity (Wildman–Crippen MR) is 94.5 cm³/mol. The van der Waals surface area contributed by atoms with Crippen LogP contribution in [0.4, 0.5) is 0 Å². The van der Waals surface area contributed by atoms with Crippen molar-refractivity contribution in [2.45, 2.75) is 12.1 Å². The zero-order chi connectivity index (χ0) is 17.1. The first-order valence-electron chi connectivity index (χ1n) is 8.17. The van der Waals surface area contributed by atoms with E-state index in [0.29, 0.717) is 30.7 Å². The lowest BCUT2D eigenvalue weighted by molar-refractivity contribution is 0.251. The van der Waals surface area contributed by atoms with Gasteiger partial charge in [-0.2, -0.15) is 0 Å². The smallest absolute Gasteiger partial charge is 0.303 e. The molecule has 2 aliphatic heterocycles. The van der Waals surface area contributed by atoms with Crippen molar-refractivity contribution in [2.24, 2.45) is 4.99 Å². The second-order valence-electron chi connectivity index (χ2n) is 5.88. The van der Waals surface area contributed by atoms with E-state index in [1.54, 1.807) is 0 Å². The Labute approximate surface area is 146 Å². The van der Waals surface area contributed by atoms with Gasteiger partial charge in [0, 0.05) is 0 Å². The maximum atomic E-state index is 7.52. The molecule has 1 fully saturated rings. The van der Waals surface area contributed by atoms with Crippen LogP contribution in [-0.4, -0.2) is 19.1 Å². The van der Waals surface area contributed by atoms with Crippen LogP contribution in [0, 0.1) is 6.57 Å². The van der Waals surface area contributed by atoms with E-state index in [9.17, 15) is 0 Å². The molecule has 0 amide bonds. The van der Waals surface area contributed by atoms with E-state index in [0.717, 1.165) is 11.1 Å². The van der Waals surface area contributed by atoms with E-state index in [1.165, 1.54) is 0 Å². The standard InChI is InChI=1S/C20H17N3O2/c1-21-18(19-22-16(12-24-19)14-8-4-2-5-9-14)20-23-17(13-25-20)15-10-6-3-7-11-15/h2-11,16-17,22H,12-13H2/b19-18+/t16-,17-/m0/s1. The third kappa shape index (κ3) is 3.07. The highest BCUT2D eigenvalue weighted by atomic mass is 16.5. The molecule has 0 aliphatic carbocycles. The second kappa shape index (κ2) is 6.70. The van der Waals surface area contributed by atoms with Gasteiger partial charge in [-0.25, -0.2) is 4.85 Å². The van der Waals surface area contributed by atoms with Gasteiger partial charge >= 0.3 is 5.70 Å². The molecule has 0 radical (unpaired) electrons. The predicted octanol–water partition coefficient (Wildman–Crippen LogP) is 3.61. The van der Waals surface area contributed by atoms with Crippen molar-refractivity contribution < 1.29 is 9.47 Å². The minimum absolute atomic E-state index is 0.0277. The minimum atomic E-state index is -0.0835. The molecule has 0 aromatic heterocycles. The fourth-order valence-electron chi connectivity index (χ4n) is 2.95. The van der Waals surface area contributed by atoms with Crippen molar-refractivity contribution in [3.8, 4) is 0 Å². The summed E-state index contributed by atoms with van der Waals surface area (Å²) in [5.74, 6) is 0.788. The van der Waals surface area contributed by atoms with Gasteiger partial charge < -0.3 is 14.8 Å². The molecule has 5 nitrogen and oxygen atoms in total. The van der Waals surface area contributed by atoms with Crippen molar-refractivity contribution >= 4 is 5.90 Å². The summed E-state index contributed by atoms with van der Waals surface area (Å²) in [6, 6.07) is 19.9. The van der Waals surface area contributed by atoms with Crippen LogP contribution in [0.15, 0.2) is 77.2 Å². The Bertz CT molecular complexity index is 854. The van der Waals surface area contributed by atoms with E-state index in [1.807, 2.05) is 60.7 Å². The molecule has 2 aromatic carbocycles. The van der Waals surface area contributed by atoms with Crippen LogP contribution in [0.3, 0.4) is 0 Å². The van der Waals surface area contributed by atoms with Crippen molar-refractivity contribution in [1.29, 1.82) is 0 Å². The van der Waals surface area contributed by atoms with Crippen molar-refractivity contribution in [2.75, 3.05) is 13.2 Å². The van der Waals surface area contributed by atoms with Crippen LogP contribution in [0.5, 0.6) is 0 Å². The first-order valence-corrected chi connectivity index (χ1v) is 8.17. The van der Waals surface area contributed by atoms with E-state index in [4.69, 9.17) is 16.0 Å². The van der Waals surface area contributed by atoms with Gasteiger partial charge in [0.05, 0.1) is 12.6 Å². The average Bonchev–Trinajstić information content (AvgIpc) is 3.35. The largest absolute Gasteiger partial charge is 0.485 e. The Balaban J connectivity index is 1.57. The zero-order valence-electron chi connectivity index (χ0n) is 13.6. The summed E-state index contributed by atoms with van der Waals surface area (Å²) in [4.78, 5) is 8.17. The van der Waals surface area contributed by atoms with Crippen LogP contribution >= 0.6 is 0 Å². The quantitative estimate of drug-likeness (QED) is 0.874. The van der Waals surface area contributed by atoms with Crippen molar-refractivity contribution in [3.63, 3.8) is 0 Å². The van der Waals surface area contributed by atoms with Crippen LogP contribution in [0.25, 0.3) is 4.85 Å². The summed E-state index contributed by atoms with van der Waals surface area (Å²) in [7, 11) is 0. The minimum Gasteiger partial charge on any atom is -0.485 e. The van der Waals surface area contributed by atoms with Crippen LogP contribution in [0.2, 0.25) is 0 Å². The Hall–Kier alpha value is -3.26. The van der Waals surface area contributed by atoms with Gasteiger partial charge in [-0.05, 0) is 11.1 Å². The van der Waals surface area contributed by atoms with Crippen molar-refractivity contribution in [1.82, 2.24) is 5.32 Å². The molecule has 1 saturated heterocycles. The Morgan fingerprint density at radius 1 is 0.960 bits per heavy atom. The third-order valence-electron chi connectivity index (χ3n) is 4.27. The molecular formula is C20H17N3O2. The van der Waals surface area contributed by atoms with E-state index in [2.05, 4.69) is 15.2 Å². The average molecular weight is 331 g/mol. The molecular weight excluding hydrogens is 314 g/mol. The number of rotatable bonds is 3. The lowest BCUT2D eigenvalue weighted by Gasteiger charge is -2.08. The molecule has 0 saturated carbocycles. The number of nitrogens with one attached hydrogen (secondary N) is 1. The van der Waals surface area contributed by atoms with Crippen LogP contribution in [-0.2, 0) is 9.47 Å². The molecule has 2 aliphatic rings. The normalized spacial score (nSPS) is 23.7. The highest BCUT2D eigenvalue weighted by Crippen LogP contribution is 2.29. The molecule has 2 heterocycles. The molecule has 0 bridgehead atoms. The second-order valence-corrected chi connectivity index (χ2v) is 5.88. The summed E-state index contributed by atoms with van der Waals surface area (Å²) in [5, 5.41) is 3.27. The Kier molecular flexibility index (Phi) is 4.09. The number of nitrogens with zero attached hydrogens (tertiary/aromatic N) is 2. The SMILES string of the molecule is [C-]#[N+]/C(C1=N[C@H](c2ccccc2)CO1)=C1\N[C@H](c2ccccc2)CO1. The Morgan fingerprint density at radius 3 is 2.32 bits per heavy atom. The molecule has 124 valence electrons. The fraction of sp³-hybridized carbons (Fsp3) is 0.200. The number of benzene rings is 2. The topological polar surface area (TPSA) is 47.2 Å². The van der Waals surface area contributed by atoms with Gasteiger partial charge in [-0.15, -0.1) is 0 Å². The van der Waals surface area contributed by atoms with Gasteiger partial charge in [0.2, 0.25) is 5.90 Å². The van der Waals surface area contributed by atoms with Gasteiger partial charge in [-0.3, -0.25) is 4.99 Å². The number of ether oxygens (including phenoxy) is 2. The number of hydrogen-bond acceptors (Lipinski definition) is 4. The Morgan fingerprint density at radius 2 is 1.64 bits per heavy atom. The van der Waals surface area contributed by atoms with E-state index in [-0.39, 0.29) is 12.1 Å². The lowest BCUT2D eigenvalue weighted by Crippen LogP contribution is -2.16. The molecule has 2 aromatic rings. The van der Waals surface area contributed by atoms with Crippen LogP contribution < -0.4 is 5.32 Å². The fourth-order valence-corrected chi connectivity index (χ4v) is 2.95. The zero-order valence-corrected chi connectivity index (χ0v) is 13.6. The molecule has 2 atom stereocenters. The molecule has 0 unspecified atom stereocenters. The summed E-state index contributed by atoms with van der Waals surface area (Å²) in [6.07, 6.45) is 0. The summed E-state index contributed by atoms with van der Waals surface area (Å²) >= 11 is 0. The number of hydrogen-bond donors (Lipinski definition) is 1. The van der Waals surface area contributed by atoms with Gasteiger partial charge in [0.25, 0.3) is 0 Å². The lowest BCUT2D eigenvalue weighted by atomic mass is 10.1. The van der Waals surface area contributed by atoms with E-state index < -0.39 is 0 Å². The van der Waals surface area contributed by atoms with Crippen LogP contribution in [0.1, 0.15) is 23.2 Å².